The van der Waals surface area contributed by atoms with Crippen molar-refractivity contribution in [3.05, 3.63) is 0 Å². The van der Waals surface area contributed by atoms with Crippen LogP contribution < -0.4 is 0 Å². The molecule has 9 heteroatoms. The fraction of sp³-hybridized carbons (Fsp3) is 1.00. The van der Waals surface area contributed by atoms with Crippen molar-refractivity contribution >= 4 is 51.2 Å². The zero-order valence-electron chi connectivity index (χ0n) is 5.27. The summed E-state index contributed by atoms with van der Waals surface area (Å²) in [5.74, 6) is 0. The van der Waals surface area contributed by atoms with E-state index < -0.39 is 9.05 Å². The van der Waals surface area contributed by atoms with Gasteiger partial charge in [-0.15, -0.1) is 24.8 Å². The van der Waals surface area contributed by atoms with Gasteiger partial charge in [-0.3, -0.25) is 0 Å². The summed E-state index contributed by atoms with van der Waals surface area (Å²) < 4.78 is 4.03. The van der Waals surface area contributed by atoms with Gasteiger partial charge in [-0.1, -0.05) is 0 Å². The molecule has 0 saturated heterocycles. The normalized spacial score (nSPS) is 7.64. The molecule has 0 amide bonds. The minimum atomic E-state index is -4.16. The number of hydrogen-bond acceptors (Lipinski definition) is 4. The van der Waals surface area contributed by atoms with Gasteiger partial charge in [0.05, 0.1) is 0 Å². The van der Waals surface area contributed by atoms with Gasteiger partial charge < -0.3 is 18.8 Å². The first-order chi connectivity index (χ1) is 3.06. The molecular formula is C2H13AlCl2O4SiTi. The molecule has 0 saturated carbocycles. The second kappa shape index (κ2) is 14.4. The van der Waals surface area contributed by atoms with E-state index in [2.05, 4.69) is 4.43 Å². The van der Waals surface area contributed by atoms with Gasteiger partial charge in [0.15, 0.2) is 17.4 Å². The van der Waals surface area contributed by atoms with E-state index in [1.807, 2.05) is 0 Å². The summed E-state index contributed by atoms with van der Waals surface area (Å²) in [5.41, 5.74) is 0. The van der Waals surface area contributed by atoms with Gasteiger partial charge in [-0.2, -0.15) is 0 Å². The Balaban J connectivity index is -0.0000000300. The van der Waals surface area contributed by atoms with Crippen LogP contribution in [-0.2, 0) is 26.1 Å². The van der Waals surface area contributed by atoms with Crippen LogP contribution in [0, 0.1) is 0 Å². The fourth-order valence-corrected chi connectivity index (χ4v) is 0.581. The fourth-order valence-electron chi connectivity index (χ4n) is 0.194. The minimum absolute atomic E-state index is 0. The van der Waals surface area contributed by atoms with Crippen molar-refractivity contribution in [2.75, 3.05) is 6.61 Å². The molecule has 0 aliphatic carbocycles. The first-order valence-electron chi connectivity index (χ1n) is 1.87. The molecule has 0 radical (unpaired) electrons. The van der Waals surface area contributed by atoms with Crippen molar-refractivity contribution in [3.63, 3.8) is 0 Å². The van der Waals surface area contributed by atoms with E-state index in [1.54, 1.807) is 6.92 Å². The summed E-state index contributed by atoms with van der Waals surface area (Å²) in [7, 11) is -4.16. The number of rotatable bonds is 2. The Kier molecular flexibility index (Phi) is 38.3. The van der Waals surface area contributed by atoms with Crippen LogP contribution in [0.5, 0.6) is 0 Å². The van der Waals surface area contributed by atoms with Crippen molar-refractivity contribution in [1.82, 2.24) is 0 Å². The van der Waals surface area contributed by atoms with E-state index in [0.717, 1.165) is 0 Å². The smallest absolute Gasteiger partial charge is 0.368 e. The van der Waals surface area contributed by atoms with Crippen LogP contribution in [0.4, 0.5) is 0 Å². The predicted molar refractivity (Wildman–Crippen MR) is 48.5 cm³/mol. The maximum atomic E-state index is 8.05. The van der Waals surface area contributed by atoms with E-state index >= 15 is 0 Å². The molecule has 11 heavy (non-hydrogen) atoms. The van der Waals surface area contributed by atoms with Crippen molar-refractivity contribution in [3.8, 4) is 0 Å². The molecule has 0 fully saturated rings. The Hall–Kier alpha value is 1.88. The van der Waals surface area contributed by atoms with E-state index in [1.165, 1.54) is 0 Å². The molecule has 0 aliphatic rings. The summed E-state index contributed by atoms with van der Waals surface area (Å²) >= 11 is 0. The zero-order valence-corrected chi connectivity index (χ0v) is 9.47. The summed E-state index contributed by atoms with van der Waals surface area (Å²) in [6.45, 7) is 1.68. The second-order valence-corrected chi connectivity index (χ2v) is 2.44. The molecule has 0 atom stereocenters. The van der Waals surface area contributed by atoms with Crippen LogP contribution in [-0.4, -0.2) is 47.4 Å². The van der Waals surface area contributed by atoms with Crippen molar-refractivity contribution in [2.24, 2.45) is 0 Å². The van der Waals surface area contributed by atoms with Crippen LogP contribution in [0.25, 0.3) is 0 Å². The number of hydrogen-bond donors (Lipinski definition) is 3. The van der Waals surface area contributed by atoms with Gasteiger partial charge in [0.25, 0.3) is 0 Å². The molecule has 0 aromatic rings. The monoisotopic (exact) mass is 274 g/mol. The average molecular weight is 275 g/mol. The molecular weight excluding hydrogens is 262 g/mol. The molecule has 0 bridgehead atoms. The van der Waals surface area contributed by atoms with Crippen LogP contribution in [0.15, 0.2) is 0 Å². The third-order valence-corrected chi connectivity index (χ3v) is 1.01. The molecule has 0 aromatic heterocycles. The SMILES string of the molecule is CCO[Si](O)(O)O.Cl.Cl.[AlH3].[Ti]. The van der Waals surface area contributed by atoms with Gasteiger partial charge in [0.1, 0.15) is 0 Å². The Morgan fingerprint density at radius 2 is 1.45 bits per heavy atom. The number of halogens is 2. The standard InChI is InChI=1S/C2H8O4Si.Al.2ClH.Ti.3H/c1-2-6-7(3,4)5;;;;;;;/h3-5H,2H2,1H3;;2*1H;;;;. The predicted octanol–water partition coefficient (Wildman–Crippen LogP) is -1.91. The molecule has 0 heterocycles. The second-order valence-electron chi connectivity index (χ2n) is 1.01. The topological polar surface area (TPSA) is 69.9 Å². The van der Waals surface area contributed by atoms with Crippen LogP contribution in [0.3, 0.4) is 0 Å². The van der Waals surface area contributed by atoms with Gasteiger partial charge in [-0.05, 0) is 6.92 Å². The van der Waals surface area contributed by atoms with Crippen molar-refractivity contribution < 1.29 is 40.5 Å². The quantitative estimate of drug-likeness (QED) is 0.514. The van der Waals surface area contributed by atoms with Crippen molar-refractivity contribution in [1.29, 1.82) is 0 Å². The maximum Gasteiger partial charge on any atom is 0.671 e. The Bertz CT molecular complexity index is 64.5. The maximum absolute atomic E-state index is 8.05. The zero-order chi connectivity index (χ0) is 5.91. The molecule has 3 N–H and O–H groups in total. The van der Waals surface area contributed by atoms with E-state index in [4.69, 9.17) is 14.4 Å². The van der Waals surface area contributed by atoms with E-state index in [-0.39, 0.29) is 70.5 Å². The first-order valence-corrected chi connectivity index (χ1v) is 3.62. The molecule has 0 spiro atoms. The largest absolute Gasteiger partial charge is 0.671 e. The van der Waals surface area contributed by atoms with Gasteiger partial charge >= 0.3 is 9.05 Å². The summed E-state index contributed by atoms with van der Waals surface area (Å²) in [6, 6.07) is 0. The van der Waals surface area contributed by atoms with Gasteiger partial charge in [0.2, 0.25) is 0 Å². The molecule has 70 valence electrons. The Morgan fingerprint density at radius 1 is 1.18 bits per heavy atom. The molecule has 0 aromatic carbocycles. The van der Waals surface area contributed by atoms with E-state index in [0.29, 0.717) is 0 Å². The van der Waals surface area contributed by atoms with Gasteiger partial charge in [-0.25, -0.2) is 0 Å². The van der Waals surface area contributed by atoms with Crippen LogP contribution >= 0.6 is 24.8 Å². The third-order valence-electron chi connectivity index (χ3n) is 0.338. The van der Waals surface area contributed by atoms with Crippen LogP contribution in [0.1, 0.15) is 6.92 Å². The molecule has 0 rings (SSSR count). The molecule has 0 aliphatic heterocycles. The van der Waals surface area contributed by atoms with Crippen LogP contribution in [0.2, 0.25) is 0 Å². The summed E-state index contributed by atoms with van der Waals surface area (Å²) in [5, 5.41) is 0. The van der Waals surface area contributed by atoms with Gasteiger partial charge in [0, 0.05) is 28.3 Å². The molecule has 0 unspecified atom stereocenters. The minimum Gasteiger partial charge on any atom is -0.368 e. The summed E-state index contributed by atoms with van der Waals surface area (Å²) in [6.07, 6.45) is 0. The van der Waals surface area contributed by atoms with Crippen molar-refractivity contribution in [2.45, 2.75) is 6.92 Å². The Labute approximate surface area is 105 Å². The Morgan fingerprint density at radius 3 is 1.45 bits per heavy atom. The first kappa shape index (κ1) is 29.3. The van der Waals surface area contributed by atoms with E-state index in [9.17, 15) is 0 Å². The average Bonchev–Trinajstić information content (AvgIpc) is 1.30. The summed E-state index contributed by atoms with van der Waals surface area (Å²) in [4.78, 5) is 24.1. The molecule has 4 nitrogen and oxygen atoms in total. The third kappa shape index (κ3) is 33.5.